The maximum Gasteiger partial charge on any atom is 0.265 e. The highest BCUT2D eigenvalue weighted by molar-refractivity contribution is 7.99. The molecule has 1 aliphatic heterocycles. The van der Waals surface area contributed by atoms with Crippen molar-refractivity contribution in [3.05, 3.63) is 52.4 Å². The molecular formula is C23H29N5O2S. The van der Waals surface area contributed by atoms with Crippen LogP contribution in [0.4, 0.5) is 0 Å². The maximum atomic E-state index is 13.3. The van der Waals surface area contributed by atoms with Gasteiger partial charge in [0, 0.05) is 24.8 Å². The molecular weight excluding hydrogens is 410 g/mol. The van der Waals surface area contributed by atoms with E-state index in [-0.39, 0.29) is 35.5 Å². The third-order valence-electron chi connectivity index (χ3n) is 5.56. The van der Waals surface area contributed by atoms with Crippen molar-refractivity contribution in [1.82, 2.24) is 24.2 Å². The van der Waals surface area contributed by atoms with Crippen LogP contribution in [0.5, 0.6) is 0 Å². The number of rotatable bonds is 5. The van der Waals surface area contributed by atoms with Crippen molar-refractivity contribution in [1.29, 1.82) is 0 Å². The molecule has 0 aliphatic carbocycles. The van der Waals surface area contributed by atoms with E-state index in [1.807, 2.05) is 69.9 Å². The fourth-order valence-electron chi connectivity index (χ4n) is 3.93. The van der Waals surface area contributed by atoms with Crippen molar-refractivity contribution >= 4 is 28.7 Å². The molecule has 8 heteroatoms. The average molecular weight is 440 g/mol. The second kappa shape index (κ2) is 8.15. The molecule has 3 heterocycles. The predicted molar refractivity (Wildman–Crippen MR) is 123 cm³/mol. The predicted octanol–water partition coefficient (Wildman–Crippen LogP) is 3.82. The summed E-state index contributed by atoms with van der Waals surface area (Å²) < 4.78 is 3.49. The Kier molecular flexibility index (Phi) is 5.68. The Morgan fingerprint density at radius 2 is 1.97 bits per heavy atom. The first kappa shape index (κ1) is 21.6. The van der Waals surface area contributed by atoms with Crippen LogP contribution in [0.15, 0.2) is 46.5 Å². The van der Waals surface area contributed by atoms with E-state index in [0.717, 1.165) is 5.56 Å². The Labute approximate surface area is 186 Å². The third-order valence-corrected chi connectivity index (χ3v) is 6.65. The molecule has 1 atom stereocenters. The second-order valence-corrected chi connectivity index (χ2v) is 10.3. The summed E-state index contributed by atoms with van der Waals surface area (Å²) in [4.78, 5) is 33.1. The molecule has 1 amide bonds. The monoisotopic (exact) mass is 439 g/mol. The Hall–Kier alpha value is -2.61. The van der Waals surface area contributed by atoms with Crippen molar-refractivity contribution < 1.29 is 4.79 Å². The van der Waals surface area contributed by atoms with Crippen LogP contribution >= 0.6 is 11.8 Å². The van der Waals surface area contributed by atoms with Gasteiger partial charge in [-0.3, -0.25) is 14.2 Å². The first-order chi connectivity index (χ1) is 14.7. The van der Waals surface area contributed by atoms with Crippen LogP contribution in [0.3, 0.4) is 0 Å². The summed E-state index contributed by atoms with van der Waals surface area (Å²) in [5.41, 5.74) is 1.32. The number of carbonyl (C=O) groups is 1. The molecule has 4 rings (SSSR count). The Bertz CT molecular complexity index is 1160. The van der Waals surface area contributed by atoms with Gasteiger partial charge in [-0.1, -0.05) is 42.1 Å². The molecule has 164 valence electrons. The van der Waals surface area contributed by atoms with Gasteiger partial charge in [0.15, 0.2) is 10.8 Å². The fraction of sp³-hybridized carbons (Fsp3) is 0.478. The molecule has 1 unspecified atom stereocenters. The molecule has 1 aliphatic rings. The van der Waals surface area contributed by atoms with Crippen LogP contribution in [0, 0.1) is 0 Å². The number of fused-ring (bicyclic) bond motifs is 2. The molecule has 2 aromatic heterocycles. The van der Waals surface area contributed by atoms with Gasteiger partial charge in [-0.05, 0) is 40.2 Å². The maximum absolute atomic E-state index is 13.3. The summed E-state index contributed by atoms with van der Waals surface area (Å²) in [5.74, 6) is 0.718. The van der Waals surface area contributed by atoms with Gasteiger partial charge in [-0.25, -0.2) is 9.67 Å². The number of carbonyl (C=O) groups excluding carboxylic acids is 1. The van der Waals surface area contributed by atoms with E-state index in [2.05, 4.69) is 5.10 Å². The number of hydrogen-bond donors (Lipinski definition) is 0. The van der Waals surface area contributed by atoms with Crippen molar-refractivity contribution in [3.8, 4) is 0 Å². The minimum atomic E-state index is -0.270. The first-order valence-corrected chi connectivity index (χ1v) is 11.6. The number of aromatic nitrogens is 4. The zero-order valence-corrected chi connectivity index (χ0v) is 19.5. The van der Waals surface area contributed by atoms with Crippen molar-refractivity contribution in [3.63, 3.8) is 0 Å². The molecule has 0 radical (unpaired) electrons. The number of benzene rings is 1. The molecule has 0 N–H and O–H groups in total. The standard InChI is InChI=1S/C23H29N5O2S/c1-15(2)26(13-16-9-7-6-8-10-16)19(29)11-17-14-31-22-25-20-18(21(30)27(17)22)12-24-28(20)23(3,4)5/h6-10,12,15,17H,11,13-14H2,1-5H3. The number of hydrogen-bond acceptors (Lipinski definition) is 5. The molecule has 3 aromatic rings. The average Bonchev–Trinajstić information content (AvgIpc) is 3.31. The van der Waals surface area contributed by atoms with Crippen LogP contribution in [-0.2, 0) is 16.9 Å². The van der Waals surface area contributed by atoms with E-state index >= 15 is 0 Å². The lowest BCUT2D eigenvalue weighted by Gasteiger charge is -2.28. The summed E-state index contributed by atoms with van der Waals surface area (Å²) in [7, 11) is 0. The molecule has 0 spiro atoms. The van der Waals surface area contributed by atoms with Gasteiger partial charge >= 0.3 is 0 Å². The zero-order valence-electron chi connectivity index (χ0n) is 18.7. The van der Waals surface area contributed by atoms with Gasteiger partial charge in [0.1, 0.15) is 5.39 Å². The summed E-state index contributed by atoms with van der Waals surface area (Å²) >= 11 is 1.53. The topological polar surface area (TPSA) is 73.0 Å². The highest BCUT2D eigenvalue weighted by Crippen LogP contribution is 2.34. The van der Waals surface area contributed by atoms with Gasteiger partial charge in [0.25, 0.3) is 5.56 Å². The molecule has 0 saturated heterocycles. The Balaban J connectivity index is 1.62. The first-order valence-electron chi connectivity index (χ1n) is 10.6. The molecule has 1 aromatic carbocycles. The van der Waals surface area contributed by atoms with Gasteiger partial charge < -0.3 is 4.90 Å². The smallest absolute Gasteiger partial charge is 0.265 e. The van der Waals surface area contributed by atoms with Crippen LogP contribution in [0.25, 0.3) is 11.0 Å². The molecule has 0 bridgehead atoms. The van der Waals surface area contributed by atoms with Crippen molar-refractivity contribution in [2.75, 3.05) is 5.75 Å². The highest BCUT2D eigenvalue weighted by Gasteiger charge is 2.32. The minimum absolute atomic E-state index is 0.0506. The van der Waals surface area contributed by atoms with Crippen LogP contribution in [0.1, 0.15) is 52.6 Å². The number of amides is 1. The van der Waals surface area contributed by atoms with Crippen molar-refractivity contribution in [2.24, 2.45) is 0 Å². The molecule has 0 fully saturated rings. The van der Waals surface area contributed by atoms with Gasteiger partial charge in [-0.2, -0.15) is 5.10 Å². The Morgan fingerprint density at radius 1 is 1.26 bits per heavy atom. The third kappa shape index (κ3) is 4.13. The summed E-state index contributed by atoms with van der Waals surface area (Å²) in [5, 5.41) is 5.58. The van der Waals surface area contributed by atoms with Crippen LogP contribution in [-0.4, -0.2) is 41.9 Å². The van der Waals surface area contributed by atoms with E-state index in [4.69, 9.17) is 4.98 Å². The molecule has 0 saturated carbocycles. The molecule has 7 nitrogen and oxygen atoms in total. The van der Waals surface area contributed by atoms with E-state index in [9.17, 15) is 9.59 Å². The van der Waals surface area contributed by atoms with Crippen LogP contribution in [0.2, 0.25) is 0 Å². The minimum Gasteiger partial charge on any atom is -0.336 e. The van der Waals surface area contributed by atoms with Gasteiger partial charge in [0.2, 0.25) is 5.91 Å². The van der Waals surface area contributed by atoms with Crippen LogP contribution < -0.4 is 5.56 Å². The van der Waals surface area contributed by atoms with E-state index in [1.165, 1.54) is 11.8 Å². The lowest BCUT2D eigenvalue weighted by molar-refractivity contribution is -0.134. The second-order valence-electron chi connectivity index (χ2n) is 9.30. The summed E-state index contributed by atoms with van der Waals surface area (Å²) in [6, 6.07) is 9.87. The van der Waals surface area contributed by atoms with Crippen molar-refractivity contribution in [2.45, 2.75) is 70.4 Å². The van der Waals surface area contributed by atoms with E-state index < -0.39 is 0 Å². The van der Waals surface area contributed by atoms with Gasteiger partial charge in [-0.15, -0.1) is 0 Å². The van der Waals surface area contributed by atoms with E-state index in [0.29, 0.717) is 28.5 Å². The Morgan fingerprint density at radius 3 is 2.61 bits per heavy atom. The zero-order chi connectivity index (χ0) is 22.3. The fourth-order valence-corrected chi connectivity index (χ4v) is 5.06. The lowest BCUT2D eigenvalue weighted by atomic mass is 10.1. The largest absolute Gasteiger partial charge is 0.336 e. The summed E-state index contributed by atoms with van der Waals surface area (Å²) in [6.07, 6.45) is 1.88. The normalized spacial score (nSPS) is 16.1. The van der Waals surface area contributed by atoms with E-state index in [1.54, 1.807) is 15.4 Å². The number of nitrogens with zero attached hydrogens (tertiary/aromatic N) is 5. The number of thioether (sulfide) groups is 1. The molecule has 31 heavy (non-hydrogen) atoms. The SMILES string of the molecule is CC(C)N(Cc1ccccc1)C(=O)CC1CSc2nc3c(cnn3C(C)(C)C)c(=O)n21. The summed E-state index contributed by atoms with van der Waals surface area (Å²) in [6.45, 7) is 10.7. The highest BCUT2D eigenvalue weighted by atomic mass is 32.2. The quantitative estimate of drug-likeness (QED) is 0.565. The lowest BCUT2D eigenvalue weighted by Crippen LogP contribution is -2.38. The van der Waals surface area contributed by atoms with Gasteiger partial charge in [0.05, 0.1) is 17.8 Å².